The largest absolute Gasteiger partial charge is 0.550 e. The normalized spacial score (nSPS) is 14.4. The van der Waals surface area contributed by atoms with Crippen molar-refractivity contribution in [2.24, 2.45) is 11.8 Å². The molecule has 0 aliphatic heterocycles. The van der Waals surface area contributed by atoms with Gasteiger partial charge in [0.2, 0.25) is 0 Å². The average molecular weight is 329 g/mol. The minimum absolute atomic E-state index is 0.136. The highest BCUT2D eigenvalue weighted by atomic mass is 16.5. The van der Waals surface area contributed by atoms with E-state index in [0.717, 1.165) is 0 Å². The van der Waals surface area contributed by atoms with Crippen LogP contribution in [0.1, 0.15) is 46.5 Å². The summed E-state index contributed by atoms with van der Waals surface area (Å²) in [6, 6.07) is 0. The van der Waals surface area contributed by atoms with Crippen molar-refractivity contribution in [3.63, 3.8) is 0 Å². The molecule has 134 valence electrons. The fourth-order valence-electron chi connectivity index (χ4n) is 2.27. The second-order valence-corrected chi connectivity index (χ2v) is 7.68. The smallest absolute Gasteiger partial charge is 0.309 e. The predicted octanol–water partition coefficient (Wildman–Crippen LogP) is 0.776. The number of hydrogen-bond acceptors (Lipinski definition) is 5. The third-order valence-corrected chi connectivity index (χ3v) is 3.32. The van der Waals surface area contributed by atoms with E-state index < -0.39 is 24.0 Å². The van der Waals surface area contributed by atoms with Crippen LogP contribution >= 0.6 is 0 Å². The van der Waals surface area contributed by atoms with E-state index in [9.17, 15) is 19.5 Å². The first-order valence-corrected chi connectivity index (χ1v) is 8.13. The highest BCUT2D eigenvalue weighted by Gasteiger charge is 2.25. The fraction of sp³-hybridized carbons (Fsp3) is 0.824. The van der Waals surface area contributed by atoms with Gasteiger partial charge in [-0.25, -0.2) is 0 Å². The van der Waals surface area contributed by atoms with Crippen molar-refractivity contribution in [1.82, 2.24) is 0 Å². The number of carboxylic acids is 1. The van der Waals surface area contributed by atoms with Crippen LogP contribution in [0.15, 0.2) is 0 Å². The number of nitrogens with zero attached hydrogens (tertiary/aromatic N) is 1. The summed E-state index contributed by atoms with van der Waals surface area (Å²) >= 11 is 0. The minimum Gasteiger partial charge on any atom is -0.550 e. The van der Waals surface area contributed by atoms with Crippen LogP contribution in [0.5, 0.6) is 0 Å². The maximum atomic E-state index is 12.1. The van der Waals surface area contributed by atoms with Crippen LogP contribution in [0, 0.1) is 11.8 Å². The van der Waals surface area contributed by atoms with Crippen LogP contribution in [0.25, 0.3) is 0 Å². The highest BCUT2D eigenvalue weighted by molar-refractivity contribution is 5.79. The van der Waals surface area contributed by atoms with Gasteiger partial charge < -0.3 is 19.1 Å². The highest BCUT2D eigenvalue weighted by Crippen LogP contribution is 2.14. The third kappa shape index (κ3) is 11.8. The minimum atomic E-state index is -1.24. The Morgan fingerprint density at radius 2 is 1.61 bits per heavy atom. The summed E-state index contributed by atoms with van der Waals surface area (Å²) in [6.07, 6.45) is 0.236. The number of carboxylic acid groups (broad SMARTS) is 1. The first-order chi connectivity index (χ1) is 10.4. The Labute approximate surface area is 139 Å². The number of carbonyl (C=O) groups excluding carboxylic acids is 3. The molecule has 0 spiro atoms. The molecule has 0 radical (unpaired) electrons. The van der Waals surface area contributed by atoms with E-state index in [1.807, 2.05) is 35.0 Å². The van der Waals surface area contributed by atoms with Gasteiger partial charge in [-0.3, -0.25) is 9.59 Å². The molecule has 0 bridgehead atoms. The Morgan fingerprint density at radius 3 is 2.04 bits per heavy atom. The van der Waals surface area contributed by atoms with Crippen LogP contribution in [0.4, 0.5) is 0 Å². The molecule has 0 saturated heterocycles. The molecule has 0 aromatic carbocycles. The number of Topliss-reactive ketones (excluding diaryl/α,β-unsaturated/α-hetero) is 1. The molecule has 6 nitrogen and oxygen atoms in total. The Bertz CT molecular complexity index is 412. The molecule has 2 atom stereocenters. The van der Waals surface area contributed by atoms with Gasteiger partial charge in [0.25, 0.3) is 0 Å². The molecule has 6 heteroatoms. The van der Waals surface area contributed by atoms with Crippen LogP contribution < -0.4 is 5.11 Å². The van der Waals surface area contributed by atoms with Crippen molar-refractivity contribution in [1.29, 1.82) is 0 Å². The third-order valence-electron chi connectivity index (χ3n) is 3.32. The molecule has 0 aromatic rings. The number of carbonyl (C=O) groups is 3. The molecule has 0 aliphatic rings. The number of quaternary nitrogens is 1. The Hall–Kier alpha value is -1.43. The SMILES string of the molecule is CC(C)CC(=O)CCC(C)C(=O)OC(CC(=O)[O-])C[N+](C)(C)C. The molecular weight excluding hydrogens is 298 g/mol. The van der Waals surface area contributed by atoms with Crippen LogP contribution in [-0.2, 0) is 19.1 Å². The number of ether oxygens (including phenoxy) is 1. The molecule has 0 heterocycles. The summed E-state index contributed by atoms with van der Waals surface area (Å²) in [5.41, 5.74) is 0. The van der Waals surface area contributed by atoms with E-state index in [1.54, 1.807) is 6.92 Å². The fourth-order valence-corrected chi connectivity index (χ4v) is 2.27. The van der Waals surface area contributed by atoms with E-state index >= 15 is 0 Å². The lowest BCUT2D eigenvalue weighted by molar-refractivity contribution is -0.873. The average Bonchev–Trinajstić information content (AvgIpc) is 2.31. The van der Waals surface area contributed by atoms with Gasteiger partial charge in [-0.1, -0.05) is 20.8 Å². The molecular formula is C17H31NO5. The van der Waals surface area contributed by atoms with Crippen LogP contribution in [0.3, 0.4) is 0 Å². The Morgan fingerprint density at radius 1 is 1.04 bits per heavy atom. The number of esters is 1. The predicted molar refractivity (Wildman–Crippen MR) is 85.3 cm³/mol. The quantitative estimate of drug-likeness (QED) is 0.413. The van der Waals surface area contributed by atoms with Gasteiger partial charge in [-0.2, -0.15) is 0 Å². The summed E-state index contributed by atoms with van der Waals surface area (Å²) in [5, 5.41) is 10.8. The molecule has 23 heavy (non-hydrogen) atoms. The molecule has 0 aliphatic carbocycles. The van der Waals surface area contributed by atoms with Crippen LogP contribution in [0.2, 0.25) is 0 Å². The molecule has 0 amide bonds. The number of rotatable bonds is 11. The van der Waals surface area contributed by atoms with E-state index in [2.05, 4.69) is 0 Å². The number of hydrogen-bond donors (Lipinski definition) is 0. The van der Waals surface area contributed by atoms with Crippen molar-refractivity contribution in [2.75, 3.05) is 27.7 Å². The van der Waals surface area contributed by atoms with Gasteiger partial charge in [0.15, 0.2) is 6.10 Å². The van der Waals surface area contributed by atoms with Gasteiger partial charge in [0.05, 0.1) is 27.1 Å². The van der Waals surface area contributed by atoms with Gasteiger partial charge >= 0.3 is 5.97 Å². The van der Waals surface area contributed by atoms with Crippen molar-refractivity contribution < 1.29 is 28.7 Å². The lowest BCUT2D eigenvalue weighted by atomic mass is 9.99. The maximum absolute atomic E-state index is 12.1. The monoisotopic (exact) mass is 329 g/mol. The zero-order valence-corrected chi connectivity index (χ0v) is 15.3. The lowest BCUT2D eigenvalue weighted by Gasteiger charge is -2.29. The number of ketones is 1. The van der Waals surface area contributed by atoms with E-state index in [1.165, 1.54) is 0 Å². The molecule has 0 aromatic heterocycles. The molecule has 0 saturated carbocycles. The number of likely N-dealkylation sites (N-methyl/N-ethyl adjacent to an activating group) is 1. The topological polar surface area (TPSA) is 83.5 Å². The van der Waals surface area contributed by atoms with Gasteiger partial charge in [-0.15, -0.1) is 0 Å². The summed E-state index contributed by atoms with van der Waals surface area (Å²) < 4.78 is 5.80. The number of aliphatic carboxylic acids is 1. The summed E-state index contributed by atoms with van der Waals surface area (Å²) in [7, 11) is 5.68. The van der Waals surface area contributed by atoms with E-state index in [-0.39, 0.29) is 12.2 Å². The van der Waals surface area contributed by atoms with Gasteiger partial charge in [0.1, 0.15) is 12.3 Å². The lowest BCUT2D eigenvalue weighted by Crippen LogP contribution is -2.45. The van der Waals surface area contributed by atoms with Crippen LogP contribution in [-0.4, -0.2) is 56.0 Å². The first kappa shape index (κ1) is 21.6. The maximum Gasteiger partial charge on any atom is 0.309 e. The molecule has 0 fully saturated rings. The second kappa shape index (κ2) is 9.65. The van der Waals surface area contributed by atoms with E-state index in [4.69, 9.17) is 4.74 Å². The summed E-state index contributed by atoms with van der Waals surface area (Å²) in [4.78, 5) is 34.6. The van der Waals surface area contributed by atoms with Gasteiger partial charge in [-0.05, 0) is 12.3 Å². The summed E-state index contributed by atoms with van der Waals surface area (Å²) in [5.74, 6) is -1.68. The molecule has 2 unspecified atom stereocenters. The Balaban J connectivity index is 4.48. The second-order valence-electron chi connectivity index (χ2n) is 7.68. The zero-order chi connectivity index (χ0) is 18.2. The van der Waals surface area contributed by atoms with Gasteiger partial charge in [0, 0.05) is 25.2 Å². The van der Waals surface area contributed by atoms with Crippen molar-refractivity contribution in [2.45, 2.75) is 52.6 Å². The van der Waals surface area contributed by atoms with E-state index in [0.29, 0.717) is 36.2 Å². The van der Waals surface area contributed by atoms with Crippen molar-refractivity contribution in [3.8, 4) is 0 Å². The standard InChI is InChI=1S/C17H31NO5/c1-12(2)9-14(19)8-7-13(3)17(22)23-15(10-16(20)21)11-18(4,5)6/h12-13,15H,7-11H2,1-6H3. The first-order valence-electron chi connectivity index (χ1n) is 8.13. The van der Waals surface area contributed by atoms with Crippen molar-refractivity contribution in [3.05, 3.63) is 0 Å². The summed E-state index contributed by atoms with van der Waals surface area (Å²) in [6.45, 7) is 6.04. The Kier molecular flexibility index (Phi) is 9.05. The molecule has 0 N–H and O–H groups in total. The molecule has 0 rings (SSSR count). The van der Waals surface area contributed by atoms with Crippen molar-refractivity contribution >= 4 is 17.7 Å². The zero-order valence-electron chi connectivity index (χ0n) is 15.3.